The van der Waals surface area contributed by atoms with Gasteiger partial charge in [0.05, 0.1) is 24.5 Å². The first kappa shape index (κ1) is 16.7. The lowest BCUT2D eigenvalue weighted by molar-refractivity contribution is -0.143. The van der Waals surface area contributed by atoms with E-state index in [4.69, 9.17) is 13.9 Å². The van der Waals surface area contributed by atoms with E-state index in [1.807, 2.05) is 43.0 Å². The minimum Gasteiger partial charge on any atom is -0.444 e. The smallest absolute Gasteiger partial charge is 0.254 e. The van der Waals surface area contributed by atoms with Gasteiger partial charge < -0.3 is 18.8 Å². The molecule has 6 nitrogen and oxygen atoms in total. The van der Waals surface area contributed by atoms with Crippen LogP contribution in [0.2, 0.25) is 0 Å². The van der Waals surface area contributed by atoms with Crippen molar-refractivity contribution in [3.8, 4) is 11.3 Å². The fourth-order valence-electron chi connectivity index (χ4n) is 3.04. The quantitative estimate of drug-likeness (QED) is 0.862. The Hall–Kier alpha value is -2.18. The van der Waals surface area contributed by atoms with E-state index in [-0.39, 0.29) is 12.0 Å². The van der Waals surface area contributed by atoms with Crippen LogP contribution in [-0.2, 0) is 9.47 Å². The molecule has 1 atom stereocenters. The van der Waals surface area contributed by atoms with Crippen molar-refractivity contribution >= 4 is 5.91 Å². The Labute approximate surface area is 141 Å². The van der Waals surface area contributed by atoms with Crippen LogP contribution in [0.15, 0.2) is 41.3 Å². The summed E-state index contributed by atoms with van der Waals surface area (Å²) >= 11 is 0. The minimum atomic E-state index is -0.392. The van der Waals surface area contributed by atoms with Crippen molar-refractivity contribution in [2.45, 2.75) is 25.6 Å². The molecule has 128 valence electrons. The maximum Gasteiger partial charge on any atom is 0.254 e. The monoisotopic (exact) mass is 330 g/mol. The Morgan fingerprint density at radius 3 is 2.75 bits per heavy atom. The number of oxazole rings is 1. The number of benzene rings is 1. The second-order valence-corrected chi connectivity index (χ2v) is 6.58. The number of hydrogen-bond acceptors (Lipinski definition) is 5. The molecule has 0 aliphatic carbocycles. The van der Waals surface area contributed by atoms with Crippen molar-refractivity contribution in [1.29, 1.82) is 0 Å². The van der Waals surface area contributed by atoms with Gasteiger partial charge in [-0.1, -0.05) is 12.1 Å². The third kappa shape index (κ3) is 3.66. The zero-order valence-electron chi connectivity index (χ0n) is 14.2. The number of carbonyl (C=O) groups excluding carboxylic acids is 1. The molecule has 1 aliphatic rings. The van der Waals surface area contributed by atoms with E-state index >= 15 is 0 Å². The van der Waals surface area contributed by atoms with Gasteiger partial charge in [0.15, 0.2) is 12.2 Å². The van der Waals surface area contributed by atoms with Crippen molar-refractivity contribution in [3.05, 3.63) is 42.4 Å². The molecule has 1 aromatic heterocycles. The SMILES string of the molecule is COCC1CN(C(=O)c2ccc(-c3cnco3)cc2)CC(C)(C)O1. The van der Waals surface area contributed by atoms with Gasteiger partial charge in [-0.05, 0) is 26.0 Å². The molecule has 24 heavy (non-hydrogen) atoms. The fraction of sp³-hybridized carbons (Fsp3) is 0.444. The zero-order valence-corrected chi connectivity index (χ0v) is 14.2. The molecule has 0 radical (unpaired) electrons. The number of methoxy groups -OCH3 is 1. The Kier molecular flexibility index (Phi) is 4.69. The number of nitrogens with zero attached hydrogens (tertiary/aromatic N) is 2. The summed E-state index contributed by atoms with van der Waals surface area (Å²) in [5.41, 5.74) is 1.15. The first-order valence-electron chi connectivity index (χ1n) is 7.93. The topological polar surface area (TPSA) is 64.8 Å². The van der Waals surface area contributed by atoms with Crippen LogP contribution in [0.4, 0.5) is 0 Å². The molecule has 1 amide bonds. The van der Waals surface area contributed by atoms with Crippen LogP contribution in [0.1, 0.15) is 24.2 Å². The first-order chi connectivity index (χ1) is 11.5. The summed E-state index contributed by atoms with van der Waals surface area (Å²) in [6.45, 7) is 5.53. The highest BCUT2D eigenvalue weighted by Crippen LogP contribution is 2.24. The Morgan fingerprint density at radius 2 is 2.12 bits per heavy atom. The van der Waals surface area contributed by atoms with Crippen LogP contribution >= 0.6 is 0 Å². The summed E-state index contributed by atoms with van der Waals surface area (Å²) in [6.07, 6.45) is 2.92. The van der Waals surface area contributed by atoms with Crippen LogP contribution < -0.4 is 0 Å². The van der Waals surface area contributed by atoms with E-state index in [1.165, 1.54) is 6.39 Å². The van der Waals surface area contributed by atoms with Gasteiger partial charge in [-0.2, -0.15) is 0 Å². The average molecular weight is 330 g/mol. The average Bonchev–Trinajstić information content (AvgIpc) is 3.07. The first-order valence-corrected chi connectivity index (χ1v) is 7.93. The summed E-state index contributed by atoms with van der Waals surface area (Å²) in [5.74, 6) is 0.679. The Balaban J connectivity index is 1.75. The molecule has 0 bridgehead atoms. The fourth-order valence-corrected chi connectivity index (χ4v) is 3.04. The van der Waals surface area contributed by atoms with Crippen LogP contribution in [0, 0.1) is 0 Å². The maximum atomic E-state index is 12.8. The molecule has 1 unspecified atom stereocenters. The predicted molar refractivity (Wildman–Crippen MR) is 88.7 cm³/mol. The number of rotatable bonds is 4. The van der Waals surface area contributed by atoms with Crippen LogP contribution in [-0.4, -0.2) is 54.3 Å². The van der Waals surface area contributed by atoms with Gasteiger partial charge in [-0.25, -0.2) is 4.98 Å². The van der Waals surface area contributed by atoms with E-state index < -0.39 is 5.60 Å². The largest absolute Gasteiger partial charge is 0.444 e. The van der Waals surface area contributed by atoms with Crippen molar-refractivity contribution in [1.82, 2.24) is 9.88 Å². The molecule has 3 rings (SSSR count). The molecule has 0 N–H and O–H groups in total. The number of amides is 1. The van der Waals surface area contributed by atoms with Gasteiger partial charge in [-0.3, -0.25) is 4.79 Å². The second kappa shape index (κ2) is 6.75. The molecule has 1 saturated heterocycles. The van der Waals surface area contributed by atoms with E-state index in [0.717, 1.165) is 5.56 Å². The molecule has 6 heteroatoms. The Morgan fingerprint density at radius 1 is 1.38 bits per heavy atom. The summed E-state index contributed by atoms with van der Waals surface area (Å²) < 4.78 is 16.4. The summed E-state index contributed by atoms with van der Waals surface area (Å²) in [4.78, 5) is 18.6. The van der Waals surface area contributed by atoms with E-state index in [0.29, 0.717) is 31.0 Å². The molecular weight excluding hydrogens is 308 g/mol. The molecule has 0 spiro atoms. The van der Waals surface area contributed by atoms with Crippen LogP contribution in [0.25, 0.3) is 11.3 Å². The third-order valence-corrected chi connectivity index (χ3v) is 3.97. The normalized spacial score (nSPS) is 20.1. The van der Waals surface area contributed by atoms with Crippen LogP contribution in [0.5, 0.6) is 0 Å². The number of carbonyl (C=O) groups is 1. The molecule has 1 aromatic carbocycles. The molecule has 2 heterocycles. The van der Waals surface area contributed by atoms with Gasteiger partial charge in [0.1, 0.15) is 0 Å². The molecular formula is C18H22N2O4. The van der Waals surface area contributed by atoms with Gasteiger partial charge in [0, 0.05) is 31.3 Å². The molecule has 1 aliphatic heterocycles. The molecule has 2 aromatic rings. The van der Waals surface area contributed by atoms with Crippen molar-refractivity contribution in [2.24, 2.45) is 0 Å². The lowest BCUT2D eigenvalue weighted by Crippen LogP contribution is -2.55. The third-order valence-electron chi connectivity index (χ3n) is 3.97. The van der Waals surface area contributed by atoms with Gasteiger partial charge in [-0.15, -0.1) is 0 Å². The van der Waals surface area contributed by atoms with Crippen molar-refractivity contribution in [2.75, 3.05) is 26.8 Å². The molecule has 0 saturated carbocycles. The maximum absolute atomic E-state index is 12.8. The summed E-state index contributed by atoms with van der Waals surface area (Å²) in [5, 5.41) is 0. The van der Waals surface area contributed by atoms with Gasteiger partial charge >= 0.3 is 0 Å². The molecule has 1 fully saturated rings. The highest BCUT2D eigenvalue weighted by atomic mass is 16.5. The lowest BCUT2D eigenvalue weighted by Gasteiger charge is -2.42. The Bertz CT molecular complexity index is 680. The number of hydrogen-bond donors (Lipinski definition) is 0. The standard InChI is InChI=1S/C18H22N2O4/c1-18(2)11-20(9-15(24-18)10-22-3)17(21)14-6-4-13(5-7-14)16-8-19-12-23-16/h4-8,12,15H,9-11H2,1-3H3. The highest BCUT2D eigenvalue weighted by molar-refractivity contribution is 5.94. The van der Waals surface area contributed by atoms with E-state index in [1.54, 1.807) is 13.3 Å². The van der Waals surface area contributed by atoms with Crippen LogP contribution in [0.3, 0.4) is 0 Å². The lowest BCUT2D eigenvalue weighted by atomic mass is 10.0. The minimum absolute atomic E-state index is 0.00315. The summed E-state index contributed by atoms with van der Waals surface area (Å²) in [7, 11) is 1.64. The predicted octanol–water partition coefficient (Wildman–Crippen LogP) is 2.61. The van der Waals surface area contributed by atoms with Crippen molar-refractivity contribution in [3.63, 3.8) is 0 Å². The number of morpholine rings is 1. The van der Waals surface area contributed by atoms with E-state index in [9.17, 15) is 4.79 Å². The zero-order chi connectivity index (χ0) is 17.2. The van der Waals surface area contributed by atoms with Crippen molar-refractivity contribution < 1.29 is 18.7 Å². The van der Waals surface area contributed by atoms with E-state index in [2.05, 4.69) is 4.98 Å². The highest BCUT2D eigenvalue weighted by Gasteiger charge is 2.35. The van der Waals surface area contributed by atoms with Gasteiger partial charge in [0.2, 0.25) is 0 Å². The number of ether oxygens (including phenoxy) is 2. The summed E-state index contributed by atoms with van der Waals surface area (Å²) in [6, 6.07) is 7.36. The van der Waals surface area contributed by atoms with Gasteiger partial charge in [0.25, 0.3) is 5.91 Å². The second-order valence-electron chi connectivity index (χ2n) is 6.58. The number of aromatic nitrogens is 1.